The Morgan fingerprint density at radius 1 is 1.35 bits per heavy atom. The standard InChI is InChI=1S/C13H25NO3/c1-12(2,13(3,4)14)11(15)17-9-10-7-5-6-8-16-10/h10H,5-9,14H2,1-4H3. The fourth-order valence-electron chi connectivity index (χ4n) is 1.55. The van der Waals surface area contributed by atoms with E-state index < -0.39 is 11.0 Å². The number of ether oxygens (including phenoxy) is 2. The van der Waals surface area contributed by atoms with Crippen molar-refractivity contribution in [2.45, 2.75) is 58.6 Å². The Hall–Kier alpha value is -0.610. The summed E-state index contributed by atoms with van der Waals surface area (Å²) in [5, 5.41) is 0. The molecule has 4 nitrogen and oxygen atoms in total. The van der Waals surface area contributed by atoms with Crippen LogP contribution < -0.4 is 5.73 Å². The highest BCUT2D eigenvalue weighted by Gasteiger charge is 2.42. The van der Waals surface area contributed by atoms with Crippen LogP contribution in [0.15, 0.2) is 0 Å². The van der Waals surface area contributed by atoms with E-state index in [2.05, 4.69) is 0 Å². The van der Waals surface area contributed by atoms with Gasteiger partial charge in [0, 0.05) is 12.1 Å². The third-order valence-electron chi connectivity index (χ3n) is 3.80. The molecular formula is C13H25NO3. The van der Waals surface area contributed by atoms with Crippen LogP contribution in [0.2, 0.25) is 0 Å². The van der Waals surface area contributed by atoms with E-state index in [9.17, 15) is 4.79 Å². The van der Waals surface area contributed by atoms with Crippen LogP contribution in [0, 0.1) is 5.41 Å². The van der Waals surface area contributed by atoms with Gasteiger partial charge in [-0.2, -0.15) is 0 Å². The van der Waals surface area contributed by atoms with Crippen molar-refractivity contribution in [2.24, 2.45) is 11.1 Å². The largest absolute Gasteiger partial charge is 0.462 e. The van der Waals surface area contributed by atoms with Crippen LogP contribution in [0.1, 0.15) is 47.0 Å². The topological polar surface area (TPSA) is 61.6 Å². The molecule has 1 saturated heterocycles. The van der Waals surface area contributed by atoms with E-state index in [0.717, 1.165) is 25.9 Å². The molecule has 0 bridgehead atoms. The summed E-state index contributed by atoms with van der Waals surface area (Å²) >= 11 is 0. The van der Waals surface area contributed by atoms with E-state index in [0.29, 0.717) is 6.61 Å². The molecule has 1 fully saturated rings. The van der Waals surface area contributed by atoms with Gasteiger partial charge in [0.1, 0.15) is 6.61 Å². The van der Waals surface area contributed by atoms with Gasteiger partial charge in [-0.15, -0.1) is 0 Å². The minimum atomic E-state index is -0.693. The quantitative estimate of drug-likeness (QED) is 0.766. The van der Waals surface area contributed by atoms with Crippen LogP contribution in [0.4, 0.5) is 0 Å². The average Bonchev–Trinajstić information content (AvgIpc) is 2.25. The highest BCUT2D eigenvalue weighted by Crippen LogP contribution is 2.30. The lowest BCUT2D eigenvalue weighted by atomic mass is 9.75. The minimum Gasteiger partial charge on any atom is -0.462 e. The number of carbonyl (C=O) groups excluding carboxylic acids is 1. The summed E-state index contributed by atoms with van der Waals surface area (Å²) < 4.78 is 10.8. The molecule has 0 aromatic carbocycles. The summed E-state index contributed by atoms with van der Waals surface area (Å²) in [5.74, 6) is -0.251. The highest BCUT2D eigenvalue weighted by molar-refractivity contribution is 5.77. The van der Waals surface area contributed by atoms with Crippen LogP contribution in [0.25, 0.3) is 0 Å². The predicted octanol–water partition coefficient (Wildman–Crippen LogP) is 1.86. The lowest BCUT2D eigenvalue weighted by Gasteiger charge is -2.36. The molecule has 1 atom stereocenters. The molecule has 2 N–H and O–H groups in total. The molecule has 0 aromatic heterocycles. The van der Waals surface area contributed by atoms with Gasteiger partial charge in [0.2, 0.25) is 0 Å². The molecule has 100 valence electrons. The molecular weight excluding hydrogens is 218 g/mol. The van der Waals surface area contributed by atoms with Crippen molar-refractivity contribution in [1.29, 1.82) is 0 Å². The molecule has 1 aliphatic heterocycles. The zero-order chi connectivity index (χ0) is 13.1. The van der Waals surface area contributed by atoms with Crippen LogP contribution in [0.3, 0.4) is 0 Å². The van der Waals surface area contributed by atoms with E-state index in [4.69, 9.17) is 15.2 Å². The molecule has 1 aliphatic rings. The van der Waals surface area contributed by atoms with Gasteiger partial charge in [0.25, 0.3) is 0 Å². The normalized spacial score (nSPS) is 22.3. The van der Waals surface area contributed by atoms with Crippen LogP contribution >= 0.6 is 0 Å². The summed E-state index contributed by atoms with van der Waals surface area (Å²) in [6.45, 7) is 8.43. The van der Waals surface area contributed by atoms with Crippen molar-refractivity contribution in [2.75, 3.05) is 13.2 Å². The van der Waals surface area contributed by atoms with E-state index in [1.165, 1.54) is 0 Å². The first kappa shape index (κ1) is 14.5. The van der Waals surface area contributed by atoms with Crippen molar-refractivity contribution >= 4 is 5.97 Å². The molecule has 0 radical (unpaired) electrons. The average molecular weight is 243 g/mol. The maximum Gasteiger partial charge on any atom is 0.313 e. The lowest BCUT2D eigenvalue weighted by Crippen LogP contribution is -2.52. The van der Waals surface area contributed by atoms with Gasteiger partial charge in [-0.3, -0.25) is 4.79 Å². The summed E-state index contributed by atoms with van der Waals surface area (Å²) in [7, 11) is 0. The van der Waals surface area contributed by atoms with Gasteiger partial charge in [0.05, 0.1) is 11.5 Å². The fourth-order valence-corrected chi connectivity index (χ4v) is 1.55. The molecule has 0 spiro atoms. The number of carbonyl (C=O) groups is 1. The molecule has 0 amide bonds. The van der Waals surface area contributed by atoms with Crippen molar-refractivity contribution in [3.63, 3.8) is 0 Å². The van der Waals surface area contributed by atoms with Gasteiger partial charge < -0.3 is 15.2 Å². The van der Waals surface area contributed by atoms with Crippen LogP contribution in [-0.2, 0) is 14.3 Å². The van der Waals surface area contributed by atoms with Gasteiger partial charge >= 0.3 is 5.97 Å². The second-order valence-electron chi connectivity index (χ2n) is 5.93. The van der Waals surface area contributed by atoms with Gasteiger partial charge in [0.15, 0.2) is 0 Å². The first-order chi connectivity index (χ1) is 7.75. The Morgan fingerprint density at radius 3 is 2.47 bits per heavy atom. The zero-order valence-electron chi connectivity index (χ0n) is 11.4. The number of hydrogen-bond acceptors (Lipinski definition) is 4. The Bertz CT molecular complexity index is 262. The van der Waals surface area contributed by atoms with E-state index >= 15 is 0 Å². The highest BCUT2D eigenvalue weighted by atomic mass is 16.6. The van der Waals surface area contributed by atoms with Crippen molar-refractivity contribution in [3.05, 3.63) is 0 Å². The monoisotopic (exact) mass is 243 g/mol. The SMILES string of the molecule is CC(C)(N)C(C)(C)C(=O)OCC1CCCCO1. The second kappa shape index (κ2) is 5.36. The third-order valence-corrected chi connectivity index (χ3v) is 3.80. The summed E-state index contributed by atoms with van der Waals surface area (Å²) in [6.07, 6.45) is 3.28. The Morgan fingerprint density at radius 2 is 2.00 bits per heavy atom. The first-order valence-corrected chi connectivity index (χ1v) is 6.33. The molecule has 0 aliphatic carbocycles. The number of hydrogen-bond donors (Lipinski definition) is 1. The molecule has 1 heterocycles. The molecule has 1 unspecified atom stereocenters. The molecule has 1 rings (SSSR count). The third kappa shape index (κ3) is 3.68. The summed E-state index contributed by atoms with van der Waals surface area (Å²) in [6, 6.07) is 0. The zero-order valence-corrected chi connectivity index (χ0v) is 11.4. The maximum absolute atomic E-state index is 12.0. The van der Waals surface area contributed by atoms with E-state index in [1.807, 2.05) is 27.7 Å². The van der Waals surface area contributed by atoms with Crippen molar-refractivity contribution < 1.29 is 14.3 Å². The maximum atomic E-state index is 12.0. The molecule has 0 aromatic rings. The van der Waals surface area contributed by atoms with Crippen LogP contribution in [-0.4, -0.2) is 30.8 Å². The number of esters is 1. The number of rotatable bonds is 4. The van der Waals surface area contributed by atoms with Gasteiger partial charge in [-0.05, 0) is 47.0 Å². The van der Waals surface area contributed by atoms with E-state index in [1.54, 1.807) is 0 Å². The molecule has 4 heteroatoms. The second-order valence-corrected chi connectivity index (χ2v) is 5.93. The Kier molecular flexibility index (Phi) is 4.55. The van der Waals surface area contributed by atoms with Crippen molar-refractivity contribution in [1.82, 2.24) is 0 Å². The molecule has 0 saturated carbocycles. The lowest BCUT2D eigenvalue weighted by molar-refractivity contribution is -0.162. The van der Waals surface area contributed by atoms with E-state index in [-0.39, 0.29) is 12.1 Å². The Labute approximate surface area is 104 Å². The smallest absolute Gasteiger partial charge is 0.313 e. The van der Waals surface area contributed by atoms with Crippen LogP contribution in [0.5, 0.6) is 0 Å². The van der Waals surface area contributed by atoms with Gasteiger partial charge in [-0.1, -0.05) is 0 Å². The summed E-state index contributed by atoms with van der Waals surface area (Å²) in [4.78, 5) is 12.0. The Balaban J connectivity index is 2.43. The minimum absolute atomic E-state index is 0.0596. The fraction of sp³-hybridized carbons (Fsp3) is 0.923. The van der Waals surface area contributed by atoms with Crippen molar-refractivity contribution in [3.8, 4) is 0 Å². The van der Waals surface area contributed by atoms with Gasteiger partial charge in [-0.25, -0.2) is 0 Å². The predicted molar refractivity (Wildman–Crippen MR) is 66.6 cm³/mol. The first-order valence-electron chi connectivity index (χ1n) is 6.33. The number of nitrogens with two attached hydrogens (primary N) is 1. The molecule has 17 heavy (non-hydrogen) atoms. The summed E-state index contributed by atoms with van der Waals surface area (Å²) in [5.41, 5.74) is 4.70.